The molecule has 4 rings (SSSR count). The summed E-state index contributed by atoms with van der Waals surface area (Å²) < 4.78 is 3.67. The summed E-state index contributed by atoms with van der Waals surface area (Å²) in [6.45, 7) is 0.814. The van der Waals surface area contributed by atoms with Crippen molar-refractivity contribution >= 4 is 23.1 Å². The first-order chi connectivity index (χ1) is 10.8. The Kier molecular flexibility index (Phi) is 3.41. The minimum Gasteiger partial charge on any atom is -0.381 e. The summed E-state index contributed by atoms with van der Waals surface area (Å²) >= 11 is 1.67. The smallest absolute Gasteiger partial charge is 0.200 e. The van der Waals surface area contributed by atoms with Gasteiger partial charge in [0.05, 0.1) is 11.4 Å². The van der Waals surface area contributed by atoms with Gasteiger partial charge >= 0.3 is 0 Å². The van der Waals surface area contributed by atoms with Crippen LogP contribution in [0.15, 0.2) is 23.9 Å². The summed E-state index contributed by atoms with van der Waals surface area (Å²) in [7, 11) is 1.94. The number of hydrogen-bond acceptors (Lipinski definition) is 7. The summed E-state index contributed by atoms with van der Waals surface area (Å²) in [5.74, 6) is 1.49. The summed E-state index contributed by atoms with van der Waals surface area (Å²) in [6.07, 6.45) is 5.81. The van der Waals surface area contributed by atoms with Crippen LogP contribution in [0, 0.1) is 0 Å². The Morgan fingerprint density at radius 2 is 2.14 bits per heavy atom. The molecule has 1 aliphatic rings. The molecule has 0 aliphatic heterocycles. The van der Waals surface area contributed by atoms with Crippen LogP contribution in [0.25, 0.3) is 5.65 Å². The average molecular weight is 316 g/mol. The maximum absolute atomic E-state index is 4.56. The Morgan fingerprint density at radius 3 is 2.91 bits per heavy atom. The summed E-state index contributed by atoms with van der Waals surface area (Å²) in [5.41, 5.74) is 2.89. The fourth-order valence-electron chi connectivity index (χ4n) is 2.29. The topological polar surface area (TPSA) is 85.8 Å². The molecule has 3 aromatic heterocycles. The highest BCUT2D eigenvalue weighted by molar-refractivity contribution is 7.99. The van der Waals surface area contributed by atoms with Crippen molar-refractivity contribution in [2.75, 3.05) is 17.6 Å². The number of aromatic nitrogens is 7. The van der Waals surface area contributed by atoms with Gasteiger partial charge in [0.15, 0.2) is 5.16 Å². The van der Waals surface area contributed by atoms with Gasteiger partial charge in [-0.2, -0.15) is 9.61 Å². The zero-order chi connectivity index (χ0) is 14.9. The van der Waals surface area contributed by atoms with E-state index in [-0.39, 0.29) is 0 Å². The van der Waals surface area contributed by atoms with Crippen molar-refractivity contribution < 1.29 is 0 Å². The highest BCUT2D eigenvalue weighted by Gasteiger charge is 2.26. The van der Waals surface area contributed by atoms with E-state index >= 15 is 0 Å². The second kappa shape index (κ2) is 5.56. The summed E-state index contributed by atoms with van der Waals surface area (Å²) in [6, 6.07) is 2.11. The predicted molar refractivity (Wildman–Crippen MR) is 83.0 cm³/mol. The van der Waals surface area contributed by atoms with Crippen LogP contribution in [0.1, 0.15) is 24.5 Å². The lowest BCUT2D eigenvalue weighted by molar-refractivity contribution is 0.788. The van der Waals surface area contributed by atoms with E-state index < -0.39 is 0 Å². The fourth-order valence-corrected chi connectivity index (χ4v) is 3.03. The number of anilines is 1. The highest BCUT2D eigenvalue weighted by Crippen LogP contribution is 2.39. The van der Waals surface area contributed by atoms with E-state index in [4.69, 9.17) is 0 Å². The van der Waals surface area contributed by atoms with E-state index in [1.54, 1.807) is 28.9 Å². The van der Waals surface area contributed by atoms with E-state index in [1.165, 1.54) is 12.8 Å². The molecule has 0 bridgehead atoms. The van der Waals surface area contributed by atoms with E-state index in [1.807, 2.05) is 11.6 Å². The first-order valence-corrected chi connectivity index (χ1v) is 8.21. The Bertz CT molecular complexity index is 790. The number of rotatable bonds is 6. The molecular weight excluding hydrogens is 300 g/mol. The van der Waals surface area contributed by atoms with Crippen LogP contribution in [0.2, 0.25) is 0 Å². The van der Waals surface area contributed by atoms with Crippen molar-refractivity contribution in [2.45, 2.75) is 23.9 Å². The third-order valence-electron chi connectivity index (χ3n) is 3.60. The maximum Gasteiger partial charge on any atom is 0.200 e. The lowest BCUT2D eigenvalue weighted by Gasteiger charge is -2.08. The molecule has 9 heteroatoms. The fraction of sp³-hybridized carbons (Fsp3) is 0.462. The third-order valence-corrected chi connectivity index (χ3v) is 4.64. The molecule has 3 heterocycles. The third kappa shape index (κ3) is 2.63. The number of nitrogens with zero attached hydrogens (tertiary/aromatic N) is 7. The summed E-state index contributed by atoms with van der Waals surface area (Å²) in [4.78, 5) is 0. The number of thioether (sulfide) groups is 1. The van der Waals surface area contributed by atoms with E-state index in [0.717, 1.165) is 34.5 Å². The molecular formula is C13H16N8S. The van der Waals surface area contributed by atoms with Gasteiger partial charge < -0.3 is 9.88 Å². The van der Waals surface area contributed by atoms with Gasteiger partial charge in [-0.1, -0.05) is 11.8 Å². The van der Waals surface area contributed by atoms with Gasteiger partial charge in [0, 0.05) is 25.3 Å². The SMILES string of the molecule is Cn1cnnc1SCCNc1cc(C2CC2)nn2cnnc12. The van der Waals surface area contributed by atoms with Crippen molar-refractivity contribution in [3.8, 4) is 0 Å². The van der Waals surface area contributed by atoms with Gasteiger partial charge in [0.25, 0.3) is 0 Å². The number of hydrogen-bond donors (Lipinski definition) is 1. The molecule has 0 atom stereocenters. The number of aryl methyl sites for hydroxylation is 1. The second-order valence-corrected chi connectivity index (χ2v) is 6.42. The van der Waals surface area contributed by atoms with Gasteiger partial charge in [-0.05, 0) is 18.9 Å². The van der Waals surface area contributed by atoms with Gasteiger partial charge in [0.1, 0.15) is 12.7 Å². The standard InChI is InChI=1S/C13H16N8S/c1-20-7-15-18-13(20)22-5-4-14-11-6-10(9-2-3-9)19-21-8-16-17-12(11)21/h6-9,14H,2-5H2,1H3. The molecule has 1 fully saturated rings. The Morgan fingerprint density at radius 1 is 1.27 bits per heavy atom. The Hall–Kier alpha value is -2.16. The Balaban J connectivity index is 1.44. The van der Waals surface area contributed by atoms with Crippen molar-refractivity contribution in [1.29, 1.82) is 0 Å². The minimum atomic E-state index is 0.598. The van der Waals surface area contributed by atoms with Gasteiger partial charge in [-0.25, -0.2) is 0 Å². The van der Waals surface area contributed by atoms with Crippen LogP contribution in [-0.4, -0.2) is 46.9 Å². The zero-order valence-corrected chi connectivity index (χ0v) is 13.0. The van der Waals surface area contributed by atoms with Crippen LogP contribution < -0.4 is 5.32 Å². The first-order valence-electron chi connectivity index (χ1n) is 7.23. The van der Waals surface area contributed by atoms with Crippen LogP contribution in [-0.2, 0) is 7.05 Å². The molecule has 22 heavy (non-hydrogen) atoms. The van der Waals surface area contributed by atoms with Crippen LogP contribution in [0.3, 0.4) is 0 Å². The minimum absolute atomic E-state index is 0.598. The first kappa shape index (κ1) is 13.5. The highest BCUT2D eigenvalue weighted by atomic mass is 32.2. The molecule has 8 nitrogen and oxygen atoms in total. The Labute approximate surface area is 131 Å². The van der Waals surface area contributed by atoms with Gasteiger partial charge in [-0.3, -0.25) is 0 Å². The quantitative estimate of drug-likeness (QED) is 0.542. The lowest BCUT2D eigenvalue weighted by atomic mass is 10.2. The molecule has 3 aromatic rings. The molecule has 0 unspecified atom stereocenters. The number of fused-ring (bicyclic) bond motifs is 1. The molecule has 114 valence electrons. The van der Waals surface area contributed by atoms with Crippen LogP contribution in [0.5, 0.6) is 0 Å². The van der Waals surface area contributed by atoms with Gasteiger partial charge in [0.2, 0.25) is 5.65 Å². The van der Waals surface area contributed by atoms with Crippen molar-refractivity contribution in [3.63, 3.8) is 0 Å². The van der Waals surface area contributed by atoms with Crippen molar-refractivity contribution in [2.24, 2.45) is 7.05 Å². The molecule has 1 aliphatic carbocycles. The second-order valence-electron chi connectivity index (χ2n) is 5.36. The zero-order valence-electron chi connectivity index (χ0n) is 12.2. The van der Waals surface area contributed by atoms with Crippen LogP contribution >= 0.6 is 11.8 Å². The van der Waals surface area contributed by atoms with Crippen LogP contribution in [0.4, 0.5) is 5.69 Å². The normalized spacial score (nSPS) is 14.6. The average Bonchev–Trinajstić information content (AvgIpc) is 3.13. The predicted octanol–water partition coefficient (Wildman–Crippen LogP) is 1.33. The molecule has 0 amide bonds. The maximum atomic E-state index is 4.56. The molecule has 0 aromatic carbocycles. The molecule has 1 saturated carbocycles. The van der Waals surface area contributed by atoms with Crippen molar-refractivity contribution in [3.05, 3.63) is 24.4 Å². The molecule has 0 spiro atoms. The largest absolute Gasteiger partial charge is 0.381 e. The summed E-state index contributed by atoms with van der Waals surface area (Å²) in [5, 5.41) is 24.9. The van der Waals surface area contributed by atoms with Crippen molar-refractivity contribution in [1.82, 2.24) is 34.6 Å². The molecule has 0 saturated heterocycles. The van der Waals surface area contributed by atoms with E-state index in [0.29, 0.717) is 5.92 Å². The molecule has 0 radical (unpaired) electrons. The molecule has 1 N–H and O–H groups in total. The monoisotopic (exact) mass is 316 g/mol. The van der Waals surface area contributed by atoms with E-state index in [2.05, 4.69) is 36.9 Å². The van der Waals surface area contributed by atoms with E-state index in [9.17, 15) is 0 Å². The number of nitrogens with one attached hydrogen (secondary N) is 1. The lowest BCUT2D eigenvalue weighted by Crippen LogP contribution is -2.08. The van der Waals surface area contributed by atoms with Gasteiger partial charge in [-0.15, -0.1) is 20.4 Å².